The van der Waals surface area contributed by atoms with Crippen molar-refractivity contribution < 1.29 is 5.11 Å². The molecule has 1 fully saturated rings. The fourth-order valence-electron chi connectivity index (χ4n) is 4.19. The van der Waals surface area contributed by atoms with E-state index in [1.165, 1.54) is 17.0 Å². The molecule has 1 aromatic carbocycles. The van der Waals surface area contributed by atoms with Crippen LogP contribution in [-0.4, -0.2) is 38.7 Å². The molecule has 4 heterocycles. The van der Waals surface area contributed by atoms with Crippen LogP contribution >= 0.6 is 0 Å². The van der Waals surface area contributed by atoms with Gasteiger partial charge in [0, 0.05) is 36.6 Å². The average Bonchev–Trinajstić information content (AvgIpc) is 3.35. The largest absolute Gasteiger partial charge is 0.506 e. The minimum absolute atomic E-state index is 0.0394. The predicted octanol–water partition coefficient (Wildman–Crippen LogP) is 3.99. The highest BCUT2D eigenvalue weighted by molar-refractivity contribution is 5.82. The van der Waals surface area contributed by atoms with Gasteiger partial charge >= 0.3 is 0 Å². The second-order valence-electron chi connectivity index (χ2n) is 8.89. The van der Waals surface area contributed by atoms with E-state index >= 15 is 0 Å². The lowest BCUT2D eigenvalue weighted by Crippen LogP contribution is -2.20. The Bertz CT molecular complexity index is 1590. The van der Waals surface area contributed by atoms with Crippen molar-refractivity contribution in [3.63, 3.8) is 0 Å². The van der Waals surface area contributed by atoms with Gasteiger partial charge in [-0.25, -0.2) is 19.9 Å². The molecule has 9 heteroatoms. The molecule has 4 aromatic heterocycles. The molecule has 0 spiro atoms. The molecule has 170 valence electrons. The highest BCUT2D eigenvalue weighted by atomic mass is 16.3. The van der Waals surface area contributed by atoms with Crippen LogP contribution in [0, 0.1) is 0 Å². The van der Waals surface area contributed by atoms with Crippen molar-refractivity contribution >= 4 is 10.9 Å². The first-order valence-electron chi connectivity index (χ1n) is 11.3. The summed E-state index contributed by atoms with van der Waals surface area (Å²) in [6.45, 7) is 4.15. The van der Waals surface area contributed by atoms with Crippen LogP contribution in [0.2, 0.25) is 0 Å². The number of aromatic hydroxyl groups is 1. The molecule has 5 aromatic rings. The Morgan fingerprint density at radius 2 is 1.94 bits per heavy atom. The van der Waals surface area contributed by atoms with Gasteiger partial charge < -0.3 is 14.2 Å². The van der Waals surface area contributed by atoms with E-state index in [0.717, 1.165) is 24.4 Å². The summed E-state index contributed by atoms with van der Waals surface area (Å²) in [7, 11) is 0. The summed E-state index contributed by atoms with van der Waals surface area (Å²) in [5.74, 6) is 1.71. The van der Waals surface area contributed by atoms with E-state index in [1.54, 1.807) is 29.2 Å². The normalized spacial score (nSPS) is 13.7. The monoisotopic (exact) mass is 453 g/mol. The Morgan fingerprint density at radius 1 is 1.09 bits per heavy atom. The van der Waals surface area contributed by atoms with Crippen LogP contribution in [-0.2, 0) is 0 Å². The summed E-state index contributed by atoms with van der Waals surface area (Å²) < 4.78 is 5.20. The fourth-order valence-corrected chi connectivity index (χ4v) is 4.19. The number of imidazole rings is 2. The molecule has 0 amide bonds. The SMILES string of the molecule is CC(C)n1ccnc1-c1cccc(-n2cnc3cc(O)c(-n4cnc(C5CC5)c4)cc3c2=O)n1. The van der Waals surface area contributed by atoms with Gasteiger partial charge in [-0.1, -0.05) is 6.07 Å². The van der Waals surface area contributed by atoms with Crippen molar-refractivity contribution in [2.24, 2.45) is 0 Å². The van der Waals surface area contributed by atoms with Crippen molar-refractivity contribution in [2.75, 3.05) is 0 Å². The summed E-state index contributed by atoms with van der Waals surface area (Å²) in [6, 6.07) is 8.88. The summed E-state index contributed by atoms with van der Waals surface area (Å²) >= 11 is 0. The van der Waals surface area contributed by atoms with Crippen molar-refractivity contribution in [3.05, 3.63) is 77.6 Å². The van der Waals surface area contributed by atoms with Crippen LogP contribution in [0.25, 0.3) is 33.9 Å². The lowest BCUT2D eigenvalue weighted by Gasteiger charge is -2.12. The van der Waals surface area contributed by atoms with Gasteiger partial charge in [-0.3, -0.25) is 9.36 Å². The molecule has 0 radical (unpaired) electrons. The van der Waals surface area contributed by atoms with Crippen molar-refractivity contribution in [2.45, 2.75) is 38.6 Å². The molecule has 0 bridgehead atoms. The number of rotatable bonds is 5. The third kappa shape index (κ3) is 3.37. The van der Waals surface area contributed by atoms with Gasteiger partial charge in [0.05, 0.1) is 28.6 Å². The number of phenols is 1. The molecule has 1 aliphatic carbocycles. The Labute approximate surface area is 195 Å². The molecule has 0 saturated heterocycles. The zero-order valence-electron chi connectivity index (χ0n) is 18.8. The van der Waals surface area contributed by atoms with Gasteiger partial charge in [0.2, 0.25) is 0 Å². The van der Waals surface area contributed by atoms with Crippen molar-refractivity contribution in [1.29, 1.82) is 0 Å². The van der Waals surface area contributed by atoms with Crippen molar-refractivity contribution in [1.82, 2.24) is 33.6 Å². The van der Waals surface area contributed by atoms with Gasteiger partial charge in [-0.05, 0) is 44.9 Å². The van der Waals surface area contributed by atoms with E-state index in [1.807, 2.05) is 29.1 Å². The zero-order chi connectivity index (χ0) is 23.4. The van der Waals surface area contributed by atoms with Crippen LogP contribution < -0.4 is 5.56 Å². The average molecular weight is 454 g/mol. The van der Waals surface area contributed by atoms with Crippen LogP contribution in [0.5, 0.6) is 5.75 Å². The van der Waals surface area contributed by atoms with Crippen LogP contribution in [0.15, 0.2) is 66.4 Å². The van der Waals surface area contributed by atoms with E-state index in [-0.39, 0.29) is 17.4 Å². The first-order chi connectivity index (χ1) is 16.5. The number of pyridine rings is 1. The minimum atomic E-state index is -0.273. The molecule has 0 atom stereocenters. The number of hydrogen-bond donors (Lipinski definition) is 1. The topological polar surface area (TPSA) is 104 Å². The molecule has 1 N–H and O–H groups in total. The standard InChI is InChI=1S/C25H23N7O2/c1-15(2)31-9-8-26-24(31)18-4-3-5-23(29-18)32-14-28-19-11-22(33)21(10-17(19)25(32)34)30-12-20(27-13-30)16-6-7-16/h3-5,8-16,33H,6-7H2,1-2H3. The number of phenolic OH excluding ortho intramolecular Hbond substituents is 1. The molecule has 0 unspecified atom stereocenters. The van der Waals surface area contributed by atoms with Gasteiger partial charge in [0.1, 0.15) is 23.6 Å². The number of nitrogens with zero attached hydrogens (tertiary/aromatic N) is 7. The van der Waals surface area contributed by atoms with Gasteiger partial charge in [-0.15, -0.1) is 0 Å². The zero-order valence-corrected chi connectivity index (χ0v) is 18.8. The molecular weight excluding hydrogens is 430 g/mol. The molecule has 9 nitrogen and oxygen atoms in total. The molecule has 1 saturated carbocycles. The van der Waals surface area contributed by atoms with E-state index in [2.05, 4.69) is 28.8 Å². The molecule has 1 aliphatic rings. The van der Waals surface area contributed by atoms with Gasteiger partial charge in [0.15, 0.2) is 5.82 Å². The van der Waals surface area contributed by atoms with E-state index < -0.39 is 0 Å². The van der Waals surface area contributed by atoms with E-state index in [9.17, 15) is 9.90 Å². The summed E-state index contributed by atoms with van der Waals surface area (Å²) in [5, 5.41) is 11.0. The Hall–Kier alpha value is -4.27. The minimum Gasteiger partial charge on any atom is -0.506 e. The fraction of sp³-hybridized carbons (Fsp3) is 0.240. The van der Waals surface area contributed by atoms with E-state index in [4.69, 9.17) is 4.98 Å². The lowest BCUT2D eigenvalue weighted by atomic mass is 10.2. The molecular formula is C25H23N7O2. The highest BCUT2D eigenvalue weighted by Gasteiger charge is 2.26. The highest BCUT2D eigenvalue weighted by Crippen LogP contribution is 2.39. The van der Waals surface area contributed by atoms with Crippen LogP contribution in [0.3, 0.4) is 0 Å². The van der Waals surface area contributed by atoms with Crippen LogP contribution in [0.1, 0.15) is 44.3 Å². The maximum atomic E-state index is 13.5. The van der Waals surface area contributed by atoms with Crippen LogP contribution in [0.4, 0.5) is 0 Å². The summed E-state index contributed by atoms with van der Waals surface area (Å²) in [5.41, 5.74) is 2.30. The van der Waals surface area contributed by atoms with E-state index in [0.29, 0.717) is 34.0 Å². The first-order valence-corrected chi connectivity index (χ1v) is 11.3. The first kappa shape index (κ1) is 20.3. The predicted molar refractivity (Wildman–Crippen MR) is 128 cm³/mol. The number of fused-ring (bicyclic) bond motifs is 1. The lowest BCUT2D eigenvalue weighted by molar-refractivity contribution is 0.473. The number of aromatic nitrogens is 7. The molecule has 34 heavy (non-hydrogen) atoms. The smallest absolute Gasteiger partial charge is 0.267 e. The summed E-state index contributed by atoms with van der Waals surface area (Å²) in [6.07, 6.45) is 11.0. The third-order valence-electron chi connectivity index (χ3n) is 6.17. The molecule has 6 rings (SSSR count). The quantitative estimate of drug-likeness (QED) is 0.432. The second kappa shape index (κ2) is 7.65. The third-order valence-corrected chi connectivity index (χ3v) is 6.17. The van der Waals surface area contributed by atoms with Gasteiger partial charge in [-0.2, -0.15) is 0 Å². The Balaban J connectivity index is 1.45. The summed E-state index contributed by atoms with van der Waals surface area (Å²) in [4.78, 5) is 31.5. The van der Waals surface area contributed by atoms with Crippen molar-refractivity contribution in [3.8, 4) is 28.8 Å². The molecule has 0 aliphatic heterocycles. The Kier molecular flexibility index (Phi) is 4.58. The van der Waals surface area contributed by atoms with Gasteiger partial charge in [0.25, 0.3) is 5.56 Å². The maximum Gasteiger partial charge on any atom is 0.267 e. The maximum absolute atomic E-state index is 13.5. The number of benzene rings is 1. The number of hydrogen-bond acceptors (Lipinski definition) is 6. The second-order valence-corrected chi connectivity index (χ2v) is 8.89. The Morgan fingerprint density at radius 3 is 2.74 bits per heavy atom.